The molecule has 2 aliphatic rings. The summed E-state index contributed by atoms with van der Waals surface area (Å²) < 4.78 is 5.18. The predicted octanol–water partition coefficient (Wildman–Crippen LogP) is 3.98. The van der Waals surface area contributed by atoms with Gasteiger partial charge in [0.1, 0.15) is 5.01 Å². The molecular formula is C24H31N3O3S2. The van der Waals surface area contributed by atoms with Crippen LogP contribution in [0.3, 0.4) is 0 Å². The summed E-state index contributed by atoms with van der Waals surface area (Å²) in [6.07, 6.45) is 6.66. The number of aryl methyl sites for hydroxylation is 2. The second-order valence-corrected chi connectivity index (χ2v) is 10.1. The van der Waals surface area contributed by atoms with Gasteiger partial charge in [0.05, 0.1) is 18.8 Å². The number of nitrogens with zero attached hydrogens (tertiary/aromatic N) is 1. The Bertz CT molecular complexity index is 1000. The number of thiocarbonyl (C=S) groups is 1. The highest BCUT2D eigenvalue weighted by Gasteiger charge is 2.43. The number of thiazole rings is 1. The topological polar surface area (TPSA) is 83.5 Å². The summed E-state index contributed by atoms with van der Waals surface area (Å²) in [6, 6.07) is 2.38. The van der Waals surface area contributed by atoms with E-state index in [9.17, 15) is 9.90 Å². The fraction of sp³-hybridized carbons (Fsp3) is 0.542. The molecule has 6 nitrogen and oxygen atoms in total. The van der Waals surface area contributed by atoms with Crippen molar-refractivity contribution in [2.75, 3.05) is 18.5 Å². The SMILES string of the molecule is CCOC(=O)C(O)(CNC(=S)Nc1c2c(cc3c1CCC3)CCC2)c1nc(C(C)C)cs1. The van der Waals surface area contributed by atoms with E-state index in [0.717, 1.165) is 49.9 Å². The Morgan fingerprint density at radius 1 is 1.25 bits per heavy atom. The van der Waals surface area contributed by atoms with Gasteiger partial charge in [-0.15, -0.1) is 11.3 Å². The summed E-state index contributed by atoms with van der Waals surface area (Å²) in [4.78, 5) is 17.2. The molecular weight excluding hydrogens is 442 g/mol. The van der Waals surface area contributed by atoms with Crippen LogP contribution in [0.1, 0.15) is 72.5 Å². The standard InChI is InChI=1S/C24H31N3O3S2/c1-4-30-22(28)24(29,21-26-19(12-32-21)14(2)3)13-25-23(31)27-20-17-9-5-7-15(17)11-16-8-6-10-18(16)20/h11-12,14,29H,4-10,13H2,1-3H3,(H2,25,27,31). The summed E-state index contributed by atoms with van der Waals surface area (Å²) in [5, 5.41) is 20.4. The van der Waals surface area contributed by atoms with E-state index in [1.807, 2.05) is 19.2 Å². The lowest BCUT2D eigenvalue weighted by molar-refractivity contribution is -0.165. The highest BCUT2D eigenvalue weighted by Crippen LogP contribution is 2.38. The molecule has 0 aliphatic heterocycles. The minimum atomic E-state index is -1.90. The van der Waals surface area contributed by atoms with Crippen LogP contribution in [-0.4, -0.2) is 34.3 Å². The number of hydrogen-bond acceptors (Lipinski definition) is 6. The molecule has 3 N–H and O–H groups in total. The second kappa shape index (κ2) is 9.45. The van der Waals surface area contributed by atoms with Gasteiger partial charge in [-0.2, -0.15) is 0 Å². The van der Waals surface area contributed by atoms with E-state index in [1.54, 1.807) is 6.92 Å². The van der Waals surface area contributed by atoms with Crippen LogP contribution in [0.15, 0.2) is 11.4 Å². The van der Waals surface area contributed by atoms with Crippen LogP contribution in [0.5, 0.6) is 0 Å². The van der Waals surface area contributed by atoms with Crippen molar-refractivity contribution >= 4 is 40.3 Å². The Morgan fingerprint density at radius 3 is 2.47 bits per heavy atom. The highest BCUT2D eigenvalue weighted by atomic mass is 32.1. The number of aliphatic hydroxyl groups is 1. The molecule has 0 bridgehead atoms. The monoisotopic (exact) mass is 473 g/mol. The number of benzene rings is 1. The molecule has 4 rings (SSSR count). The lowest BCUT2D eigenvalue weighted by Crippen LogP contribution is -2.48. The van der Waals surface area contributed by atoms with Crippen molar-refractivity contribution in [1.82, 2.24) is 10.3 Å². The van der Waals surface area contributed by atoms with Gasteiger partial charge in [-0.25, -0.2) is 9.78 Å². The molecule has 1 unspecified atom stereocenters. The van der Waals surface area contributed by atoms with Crippen molar-refractivity contribution in [3.63, 3.8) is 0 Å². The van der Waals surface area contributed by atoms with Crippen LogP contribution in [0.25, 0.3) is 0 Å². The quantitative estimate of drug-likeness (QED) is 0.414. The lowest BCUT2D eigenvalue weighted by atomic mass is 9.99. The molecule has 0 fully saturated rings. The van der Waals surface area contributed by atoms with E-state index in [2.05, 4.69) is 21.7 Å². The van der Waals surface area contributed by atoms with Crippen LogP contribution in [0.2, 0.25) is 0 Å². The third-order valence-electron chi connectivity index (χ3n) is 6.30. The number of rotatable bonds is 7. The Kier molecular flexibility index (Phi) is 6.83. The fourth-order valence-corrected chi connectivity index (χ4v) is 5.80. The molecule has 8 heteroatoms. The Balaban J connectivity index is 1.53. The number of carbonyl (C=O) groups excluding carboxylic acids is 1. The van der Waals surface area contributed by atoms with Gasteiger partial charge in [-0.05, 0) is 85.8 Å². The van der Waals surface area contributed by atoms with Gasteiger partial charge >= 0.3 is 5.97 Å². The van der Waals surface area contributed by atoms with E-state index in [1.165, 1.54) is 33.6 Å². The summed E-state index contributed by atoms with van der Waals surface area (Å²) in [6.45, 7) is 5.83. The van der Waals surface area contributed by atoms with Gasteiger partial charge in [0.25, 0.3) is 0 Å². The number of ether oxygens (including phenoxy) is 1. The van der Waals surface area contributed by atoms with Crippen molar-refractivity contribution in [2.45, 2.75) is 70.8 Å². The number of fused-ring (bicyclic) bond motifs is 2. The minimum absolute atomic E-state index is 0.111. The molecule has 0 saturated heterocycles. The van der Waals surface area contributed by atoms with Crippen molar-refractivity contribution in [1.29, 1.82) is 0 Å². The molecule has 172 valence electrons. The molecule has 0 amide bonds. The molecule has 1 aromatic heterocycles. The van der Waals surface area contributed by atoms with Crippen LogP contribution < -0.4 is 10.6 Å². The first-order chi connectivity index (χ1) is 15.3. The van der Waals surface area contributed by atoms with E-state index >= 15 is 0 Å². The second-order valence-electron chi connectivity index (χ2n) is 8.85. The van der Waals surface area contributed by atoms with Gasteiger partial charge in [0.15, 0.2) is 5.11 Å². The number of anilines is 1. The smallest absolute Gasteiger partial charge is 0.347 e. The zero-order valence-corrected chi connectivity index (χ0v) is 20.5. The maximum Gasteiger partial charge on any atom is 0.347 e. The normalized spacial score (nSPS) is 16.4. The molecule has 1 heterocycles. The number of aromatic nitrogens is 1. The van der Waals surface area contributed by atoms with Gasteiger partial charge in [0, 0.05) is 11.1 Å². The first-order valence-corrected chi connectivity index (χ1v) is 12.7. The molecule has 32 heavy (non-hydrogen) atoms. The number of hydrogen-bond donors (Lipinski definition) is 3. The highest BCUT2D eigenvalue weighted by molar-refractivity contribution is 7.80. The zero-order chi connectivity index (χ0) is 22.9. The number of nitrogens with one attached hydrogen (secondary N) is 2. The van der Waals surface area contributed by atoms with E-state index < -0.39 is 11.6 Å². The first kappa shape index (κ1) is 23.1. The average molecular weight is 474 g/mol. The Hall–Kier alpha value is -2.03. The van der Waals surface area contributed by atoms with Crippen molar-refractivity contribution in [3.8, 4) is 0 Å². The van der Waals surface area contributed by atoms with Crippen LogP contribution in [-0.2, 0) is 40.8 Å². The van der Waals surface area contributed by atoms with Gasteiger partial charge in [-0.3, -0.25) is 0 Å². The maximum absolute atomic E-state index is 12.7. The summed E-state index contributed by atoms with van der Waals surface area (Å²) in [5.41, 5.74) is 5.62. The summed E-state index contributed by atoms with van der Waals surface area (Å²) in [7, 11) is 0. The van der Waals surface area contributed by atoms with Gasteiger partial charge < -0.3 is 20.5 Å². The van der Waals surface area contributed by atoms with E-state index in [4.69, 9.17) is 17.0 Å². The molecule has 0 radical (unpaired) electrons. The third kappa shape index (κ3) is 4.40. The maximum atomic E-state index is 12.7. The molecule has 1 aromatic carbocycles. The Labute approximate surface area is 198 Å². The molecule has 0 saturated carbocycles. The third-order valence-corrected chi connectivity index (χ3v) is 7.55. The zero-order valence-electron chi connectivity index (χ0n) is 18.9. The van der Waals surface area contributed by atoms with Crippen LogP contribution in [0, 0.1) is 0 Å². The molecule has 2 aromatic rings. The van der Waals surface area contributed by atoms with Crippen molar-refractivity contribution in [2.24, 2.45) is 0 Å². The van der Waals surface area contributed by atoms with Gasteiger partial charge in [-0.1, -0.05) is 19.9 Å². The van der Waals surface area contributed by atoms with E-state index in [0.29, 0.717) is 10.1 Å². The minimum Gasteiger partial charge on any atom is -0.463 e. The molecule has 1 atom stereocenters. The number of esters is 1. The first-order valence-electron chi connectivity index (χ1n) is 11.4. The summed E-state index contributed by atoms with van der Waals surface area (Å²) >= 11 is 6.85. The summed E-state index contributed by atoms with van der Waals surface area (Å²) in [5.74, 6) is -0.522. The lowest BCUT2D eigenvalue weighted by Gasteiger charge is -2.25. The van der Waals surface area contributed by atoms with E-state index in [-0.39, 0.29) is 19.1 Å². The fourth-order valence-electron chi connectivity index (χ4n) is 4.56. The predicted molar refractivity (Wildman–Crippen MR) is 131 cm³/mol. The van der Waals surface area contributed by atoms with Crippen molar-refractivity contribution in [3.05, 3.63) is 44.4 Å². The van der Waals surface area contributed by atoms with Crippen molar-refractivity contribution < 1.29 is 14.6 Å². The Morgan fingerprint density at radius 2 is 1.91 bits per heavy atom. The van der Waals surface area contributed by atoms with Gasteiger partial charge in [0.2, 0.25) is 5.60 Å². The number of carbonyl (C=O) groups is 1. The molecule has 0 spiro atoms. The largest absolute Gasteiger partial charge is 0.463 e. The van der Waals surface area contributed by atoms with Crippen LogP contribution >= 0.6 is 23.6 Å². The average Bonchev–Trinajstić information content (AvgIpc) is 3.51. The van der Waals surface area contributed by atoms with Crippen LogP contribution in [0.4, 0.5) is 5.69 Å². The molecule has 2 aliphatic carbocycles.